The minimum atomic E-state index is -0.735. The van der Waals surface area contributed by atoms with Gasteiger partial charge in [0.05, 0.1) is 17.8 Å². The Balaban J connectivity index is 1.60. The van der Waals surface area contributed by atoms with Crippen molar-refractivity contribution < 1.29 is 23.9 Å². The fourth-order valence-corrected chi connectivity index (χ4v) is 5.94. The van der Waals surface area contributed by atoms with Gasteiger partial charge in [-0.3, -0.25) is 14.9 Å². The summed E-state index contributed by atoms with van der Waals surface area (Å²) in [5, 5.41) is 7.11. The zero-order valence-corrected chi connectivity index (χ0v) is 20.1. The molecule has 0 aliphatic carbocycles. The maximum atomic E-state index is 13.3. The lowest BCUT2D eigenvalue weighted by molar-refractivity contribution is -0.150. The number of hydrogen-bond acceptors (Lipinski definition) is 9. The van der Waals surface area contributed by atoms with Crippen LogP contribution in [0.4, 0.5) is 0 Å². The van der Waals surface area contributed by atoms with Gasteiger partial charge < -0.3 is 20.8 Å². The molecule has 0 spiro atoms. The van der Waals surface area contributed by atoms with Crippen molar-refractivity contribution in [2.24, 2.45) is 5.73 Å². The quantitative estimate of drug-likeness (QED) is 0.263. The average molecular weight is 503 g/mol. The second kappa shape index (κ2) is 11.2. The molecule has 0 fully saturated rings. The number of carbonyl (C=O) groups excluding carboxylic acids is 4. The monoisotopic (exact) mass is 502 g/mol. The summed E-state index contributed by atoms with van der Waals surface area (Å²) in [6.45, 7) is 0.496. The summed E-state index contributed by atoms with van der Waals surface area (Å²) >= 11 is 2.08. The molecule has 0 bridgehead atoms. The van der Waals surface area contributed by atoms with Crippen molar-refractivity contribution in [3.63, 3.8) is 0 Å². The molecular formula is C23H26N4O5S2. The van der Waals surface area contributed by atoms with Gasteiger partial charge in [0.25, 0.3) is 0 Å². The van der Waals surface area contributed by atoms with Crippen LogP contribution in [0.5, 0.6) is 0 Å². The smallest absolute Gasteiger partial charge is 0.353 e. The highest BCUT2D eigenvalue weighted by molar-refractivity contribution is 8.08. The molecule has 2 aliphatic rings. The fraction of sp³-hybridized carbons (Fsp3) is 0.391. The van der Waals surface area contributed by atoms with Crippen molar-refractivity contribution in [1.82, 2.24) is 15.6 Å². The van der Waals surface area contributed by atoms with E-state index in [9.17, 15) is 19.2 Å². The topological polar surface area (TPSA) is 143 Å². The molecule has 2 aromatic rings. The molecule has 180 valence electrons. The highest BCUT2D eigenvalue weighted by Gasteiger charge is 2.36. The van der Waals surface area contributed by atoms with Crippen LogP contribution in [0.2, 0.25) is 0 Å². The summed E-state index contributed by atoms with van der Waals surface area (Å²) in [5.41, 5.74) is 7.52. The largest absolute Gasteiger partial charge is 0.385 e. The zero-order valence-electron chi connectivity index (χ0n) is 18.4. The number of carbonyl (C=O) groups is 4. The van der Waals surface area contributed by atoms with Crippen molar-refractivity contribution >= 4 is 58.1 Å². The predicted molar refractivity (Wildman–Crippen MR) is 132 cm³/mol. The van der Waals surface area contributed by atoms with Crippen LogP contribution >= 0.6 is 23.5 Å². The molecule has 1 aromatic carbocycles. The van der Waals surface area contributed by atoms with Crippen LogP contribution in [0.15, 0.2) is 40.3 Å². The summed E-state index contributed by atoms with van der Waals surface area (Å²) < 4.78 is 4.75. The number of esters is 2. The number of nitrogens with two attached hydrogens (primary N) is 1. The Morgan fingerprint density at radius 2 is 1.76 bits per heavy atom. The van der Waals surface area contributed by atoms with E-state index in [1.165, 1.54) is 0 Å². The van der Waals surface area contributed by atoms with E-state index in [0.29, 0.717) is 25.8 Å². The van der Waals surface area contributed by atoms with E-state index in [2.05, 4.69) is 15.6 Å². The van der Waals surface area contributed by atoms with Gasteiger partial charge in [0.1, 0.15) is 9.81 Å². The van der Waals surface area contributed by atoms with Crippen molar-refractivity contribution in [1.29, 1.82) is 0 Å². The number of nitrogens with one attached hydrogen (secondary N) is 3. The first-order valence-electron chi connectivity index (χ1n) is 11.1. The third-order valence-electron chi connectivity index (χ3n) is 5.73. The van der Waals surface area contributed by atoms with Gasteiger partial charge in [-0.25, -0.2) is 9.59 Å². The normalized spacial score (nSPS) is 22.3. The van der Waals surface area contributed by atoms with Gasteiger partial charge in [0.2, 0.25) is 5.91 Å². The first-order chi connectivity index (χ1) is 16.5. The van der Waals surface area contributed by atoms with Crippen LogP contribution in [-0.4, -0.2) is 58.9 Å². The summed E-state index contributed by atoms with van der Waals surface area (Å²) in [5.74, 6) is -1.79. The number of benzene rings is 1. The lowest BCUT2D eigenvalue weighted by atomic mass is 10.0. The molecular weight excluding hydrogens is 476 g/mol. The van der Waals surface area contributed by atoms with Crippen molar-refractivity contribution in [3.8, 4) is 0 Å². The number of fused-ring (bicyclic) bond motifs is 1. The van der Waals surface area contributed by atoms with Gasteiger partial charge in [0.15, 0.2) is 5.78 Å². The van der Waals surface area contributed by atoms with E-state index in [4.69, 9.17) is 10.5 Å². The van der Waals surface area contributed by atoms with Gasteiger partial charge in [-0.2, -0.15) is 0 Å². The second-order valence-electron chi connectivity index (χ2n) is 8.04. The summed E-state index contributed by atoms with van der Waals surface area (Å²) in [6.07, 6.45) is 4.12. The Kier molecular flexibility index (Phi) is 8.09. The molecule has 0 saturated heterocycles. The number of hydrogen-bond donors (Lipinski definition) is 4. The molecule has 1 aromatic heterocycles. The number of amides is 1. The van der Waals surface area contributed by atoms with Crippen LogP contribution in [0, 0.1) is 0 Å². The van der Waals surface area contributed by atoms with Crippen molar-refractivity contribution in [2.75, 3.05) is 18.2 Å². The van der Waals surface area contributed by atoms with Crippen molar-refractivity contribution in [2.45, 2.75) is 37.8 Å². The van der Waals surface area contributed by atoms with E-state index >= 15 is 0 Å². The summed E-state index contributed by atoms with van der Waals surface area (Å²) in [7, 11) is 0. The zero-order chi connectivity index (χ0) is 24.1. The Labute approximate surface area is 205 Å². The number of aromatic nitrogens is 1. The van der Waals surface area contributed by atoms with Crippen LogP contribution in [0.3, 0.4) is 0 Å². The lowest BCUT2D eigenvalue weighted by Crippen LogP contribution is -2.51. The molecule has 9 nitrogen and oxygen atoms in total. The fourth-order valence-electron chi connectivity index (χ4n) is 3.93. The molecule has 3 heterocycles. The molecule has 1 amide bonds. The number of thioether (sulfide) groups is 2. The number of ether oxygens (including phenoxy) is 1. The summed E-state index contributed by atoms with van der Waals surface area (Å²) in [6, 6.07) is 6.46. The Morgan fingerprint density at radius 1 is 1.00 bits per heavy atom. The molecule has 0 saturated carbocycles. The molecule has 5 N–H and O–H groups in total. The Morgan fingerprint density at radius 3 is 2.56 bits per heavy atom. The summed E-state index contributed by atoms with van der Waals surface area (Å²) in [4.78, 5) is 54.1. The van der Waals surface area contributed by atoms with Crippen LogP contribution in [0.25, 0.3) is 10.9 Å². The number of para-hydroxylation sites is 1. The number of rotatable bonds is 6. The van der Waals surface area contributed by atoms with Gasteiger partial charge in [-0.05, 0) is 43.9 Å². The molecule has 34 heavy (non-hydrogen) atoms. The van der Waals surface area contributed by atoms with Gasteiger partial charge in [0, 0.05) is 23.0 Å². The highest BCUT2D eigenvalue weighted by Crippen LogP contribution is 2.35. The molecule has 0 radical (unpaired) electrons. The first kappa shape index (κ1) is 24.5. The Hall–Kier alpha value is -2.60. The van der Waals surface area contributed by atoms with Crippen LogP contribution in [-0.2, 0) is 30.3 Å². The predicted octanol–water partition coefficient (Wildman–Crippen LogP) is 1.58. The highest BCUT2D eigenvalue weighted by atomic mass is 32.2. The lowest BCUT2D eigenvalue weighted by Gasteiger charge is -2.23. The van der Waals surface area contributed by atoms with E-state index in [0.717, 1.165) is 46.4 Å². The molecule has 4 rings (SSSR count). The van der Waals surface area contributed by atoms with Gasteiger partial charge >= 0.3 is 11.9 Å². The number of H-pyrrole nitrogens is 1. The molecule has 2 atom stereocenters. The van der Waals surface area contributed by atoms with E-state index in [-0.39, 0.29) is 33.1 Å². The standard InChI is InChI=1S/C23H26N4O5S2/c24-8-4-3-7-16-18(28)11-33-19-20(23(31)32-22(19)30)34-12-26-17(21(29)27-16)9-13-10-25-15-6-2-1-5-14(13)15/h1-2,5-6,10,16-17,25-26H,3-4,7-9,11-12,24H2,(H,27,29)/t16-,17-/m0/s1. The van der Waals surface area contributed by atoms with E-state index in [1.807, 2.05) is 30.5 Å². The number of ketones is 1. The number of aromatic amines is 1. The maximum Gasteiger partial charge on any atom is 0.353 e. The Bertz CT molecular complexity index is 1150. The third-order valence-corrected chi connectivity index (χ3v) is 7.92. The maximum absolute atomic E-state index is 13.3. The van der Waals surface area contributed by atoms with E-state index in [1.54, 1.807) is 0 Å². The van der Waals surface area contributed by atoms with Gasteiger partial charge in [-0.15, -0.1) is 23.5 Å². The van der Waals surface area contributed by atoms with Crippen LogP contribution in [0.1, 0.15) is 24.8 Å². The molecule has 2 aliphatic heterocycles. The minimum absolute atomic E-state index is 0.0457. The average Bonchev–Trinajstić information content (AvgIpc) is 3.35. The van der Waals surface area contributed by atoms with Gasteiger partial charge in [-0.1, -0.05) is 18.2 Å². The second-order valence-corrected chi connectivity index (χ2v) is 10.0. The first-order valence-corrected chi connectivity index (χ1v) is 13.0. The molecule has 0 unspecified atom stereocenters. The minimum Gasteiger partial charge on any atom is -0.385 e. The SMILES string of the molecule is NCCCC[C@@H]1NC(=O)[C@H](Cc2c[nH]c3ccccc23)NCSC2=C(SCC1=O)C(=O)OC2=O. The van der Waals surface area contributed by atoms with Crippen LogP contribution < -0.4 is 16.4 Å². The van der Waals surface area contributed by atoms with Crippen molar-refractivity contribution in [3.05, 3.63) is 45.8 Å². The number of Topliss-reactive ketones (excluding diaryl/α,β-unsaturated/α-hetero) is 1. The van der Waals surface area contributed by atoms with E-state index < -0.39 is 24.0 Å². The number of cyclic esters (lactones) is 2. The molecule has 11 heteroatoms. The number of unbranched alkanes of at least 4 members (excludes halogenated alkanes) is 1. The third kappa shape index (κ3) is 5.54.